The number of nitrogens with one attached hydrogen (secondary N) is 4. The minimum Gasteiger partial charge on any atom is -0.429 e. The average molecular weight is 1120 g/mol. The van der Waals surface area contributed by atoms with E-state index in [1.807, 2.05) is 0 Å². The van der Waals surface area contributed by atoms with Crippen molar-refractivity contribution in [1.29, 1.82) is 0 Å². The van der Waals surface area contributed by atoms with Gasteiger partial charge in [0.15, 0.2) is 0 Å². The maximum absolute atomic E-state index is 13.2. The van der Waals surface area contributed by atoms with Crippen LogP contribution in [-0.4, -0.2) is 191 Å². The van der Waals surface area contributed by atoms with E-state index in [0.29, 0.717) is 148 Å². The molecule has 2 aromatic rings. The number of hydrogen-bond donors (Lipinski definition) is 7. The van der Waals surface area contributed by atoms with Crippen molar-refractivity contribution in [2.24, 2.45) is 23.2 Å². The highest BCUT2D eigenvalue weighted by molar-refractivity contribution is 5.97. The summed E-state index contributed by atoms with van der Waals surface area (Å²) < 4.78 is 59.4. The third-order valence-electron chi connectivity index (χ3n) is 11.3. The van der Waals surface area contributed by atoms with Crippen molar-refractivity contribution in [2.45, 2.75) is 64.0 Å². The van der Waals surface area contributed by atoms with Gasteiger partial charge in [0.2, 0.25) is 23.6 Å². The quantitative estimate of drug-likeness (QED) is 0.0124. The third-order valence-corrected chi connectivity index (χ3v) is 11.3. The zero-order valence-corrected chi connectivity index (χ0v) is 45.2. The Morgan fingerprint density at radius 3 is 1.75 bits per heavy atom. The topological polar surface area (TPSA) is 359 Å². The first-order valence-electron chi connectivity index (χ1n) is 26.6. The van der Waals surface area contributed by atoms with Crippen LogP contribution in [0.3, 0.4) is 0 Å². The number of nitro groups is 1. The van der Waals surface area contributed by atoms with Gasteiger partial charge in [0.05, 0.1) is 124 Å². The Kier molecular flexibility index (Phi) is 37.2. The highest BCUT2D eigenvalue weighted by atomic mass is 16.7. The van der Waals surface area contributed by atoms with Gasteiger partial charge in [-0.05, 0) is 68.5 Å². The number of non-ortho nitro benzene ring substituents is 1. The summed E-state index contributed by atoms with van der Waals surface area (Å²) in [4.78, 5) is 72.6. The van der Waals surface area contributed by atoms with Gasteiger partial charge >= 0.3 is 6.16 Å². The number of carbonyl (C=O) groups is 5. The van der Waals surface area contributed by atoms with Crippen LogP contribution >= 0.6 is 0 Å². The number of hydrazine groups is 1. The molecule has 1 aliphatic rings. The molecule has 3 rings (SSSR count). The zero-order valence-electron chi connectivity index (χ0n) is 45.2. The van der Waals surface area contributed by atoms with E-state index in [1.54, 1.807) is 30.5 Å². The molecule has 0 bridgehead atoms. The minimum absolute atomic E-state index is 0.0590. The van der Waals surface area contributed by atoms with E-state index in [1.165, 1.54) is 35.7 Å². The molecule has 0 radical (unpaired) electrons. The molecule has 4 amide bonds. The third kappa shape index (κ3) is 34.5. The van der Waals surface area contributed by atoms with Crippen molar-refractivity contribution in [3.05, 3.63) is 76.1 Å². The second-order valence-corrected chi connectivity index (χ2v) is 17.7. The molecule has 1 aliphatic carbocycles. The number of nitro benzene ring substituents is 1. The van der Waals surface area contributed by atoms with Gasteiger partial charge in [-0.2, -0.15) is 0 Å². The Hall–Kier alpha value is -6.11. The molecule has 1 atom stereocenters. The van der Waals surface area contributed by atoms with Gasteiger partial charge in [-0.3, -0.25) is 29.3 Å². The lowest BCUT2D eigenvalue weighted by Crippen LogP contribution is -2.45. The van der Waals surface area contributed by atoms with E-state index in [9.17, 15) is 34.1 Å². The van der Waals surface area contributed by atoms with Crippen molar-refractivity contribution in [3.8, 4) is 5.75 Å². The van der Waals surface area contributed by atoms with Crippen LogP contribution in [-0.2, 0) is 73.2 Å². The number of anilines is 1. The number of benzene rings is 2. The molecule has 0 heterocycles. The molecule has 0 aromatic heterocycles. The summed E-state index contributed by atoms with van der Waals surface area (Å²) in [6, 6.07) is 10.5. The molecule has 444 valence electrons. The van der Waals surface area contributed by atoms with Crippen LogP contribution in [0, 0.1) is 16.0 Å². The molecule has 2 aromatic carbocycles. The van der Waals surface area contributed by atoms with Crippen molar-refractivity contribution >= 4 is 41.2 Å². The number of carbonyl (C=O) groups excluding carboxylic acids is 5. The monoisotopic (exact) mass is 1120 g/mol. The predicted molar refractivity (Wildman–Crippen MR) is 287 cm³/mol. The minimum atomic E-state index is -1.01. The van der Waals surface area contributed by atoms with Crippen LogP contribution in [0.4, 0.5) is 16.2 Å². The fourth-order valence-corrected chi connectivity index (χ4v) is 7.20. The molecule has 27 nitrogen and oxygen atoms in total. The van der Waals surface area contributed by atoms with Gasteiger partial charge in [0, 0.05) is 42.2 Å². The lowest BCUT2D eigenvalue weighted by molar-refractivity contribution is -0.384. The van der Waals surface area contributed by atoms with Crippen LogP contribution in [0.5, 0.6) is 5.75 Å². The first-order valence-corrected chi connectivity index (χ1v) is 26.6. The first kappa shape index (κ1) is 67.2. The summed E-state index contributed by atoms with van der Waals surface area (Å²) >= 11 is 0. The Bertz CT molecular complexity index is 2030. The average Bonchev–Trinajstić information content (AvgIpc) is 3.44. The van der Waals surface area contributed by atoms with Gasteiger partial charge in [0.1, 0.15) is 31.6 Å². The Balaban J connectivity index is 1.05. The van der Waals surface area contributed by atoms with E-state index in [0.717, 1.165) is 25.7 Å². The van der Waals surface area contributed by atoms with Crippen LogP contribution in [0.1, 0.15) is 56.9 Å². The van der Waals surface area contributed by atoms with E-state index in [2.05, 4.69) is 21.3 Å². The number of nitrogens with zero attached hydrogens (tertiary/aromatic N) is 2. The smallest absolute Gasteiger partial charge is 0.429 e. The molecule has 27 heteroatoms. The molecule has 79 heavy (non-hydrogen) atoms. The Morgan fingerprint density at radius 1 is 0.671 bits per heavy atom. The number of hydrogen-bond acceptors (Lipinski definition) is 22. The van der Waals surface area contributed by atoms with Crippen LogP contribution < -0.4 is 43.3 Å². The molecular formula is C52H83N9O18. The normalized spacial score (nSPS) is 13.1. The number of rotatable bonds is 46. The maximum atomic E-state index is 13.2. The predicted octanol–water partition coefficient (Wildman–Crippen LogP) is 1.80. The van der Waals surface area contributed by atoms with E-state index in [-0.39, 0.29) is 56.2 Å². The molecular weight excluding hydrogens is 1040 g/mol. The highest BCUT2D eigenvalue weighted by Crippen LogP contribution is 2.23. The summed E-state index contributed by atoms with van der Waals surface area (Å²) in [5.41, 5.74) is 13.0. The Labute approximate surface area is 461 Å². The van der Waals surface area contributed by atoms with Crippen molar-refractivity contribution in [1.82, 2.24) is 21.0 Å². The van der Waals surface area contributed by atoms with E-state index < -0.39 is 41.4 Å². The molecule has 1 unspecified atom stereocenters. The van der Waals surface area contributed by atoms with Crippen molar-refractivity contribution in [3.63, 3.8) is 0 Å². The Morgan fingerprint density at radius 2 is 1.20 bits per heavy atom. The fraction of sp³-hybridized carbons (Fsp3) is 0.635. The van der Waals surface area contributed by atoms with Crippen LogP contribution in [0.25, 0.3) is 0 Å². The fourth-order valence-electron chi connectivity index (χ4n) is 7.20. The molecule has 1 fully saturated rings. The zero-order chi connectivity index (χ0) is 57.0. The van der Waals surface area contributed by atoms with Gasteiger partial charge in [0.25, 0.3) is 5.69 Å². The number of unbranched alkanes of at least 4 members (excludes halogenated alkanes) is 1. The lowest BCUT2D eigenvalue weighted by atomic mass is 9.89. The largest absolute Gasteiger partial charge is 0.514 e. The summed E-state index contributed by atoms with van der Waals surface area (Å²) in [6.45, 7) is 6.69. The molecule has 0 spiro atoms. The SMILES string of the molecule is NCCCCC(NC(=O)COCC(=O)NCCOCCOCCOCCOCCOCCOCCOCCOCCN(N)/C=C(\N)CNC(=O)C1CCCCC1)C(=O)Nc1ccc(COC(=O)Oc2ccc([N+](=O)[O-])cc2)cc1. The van der Waals surface area contributed by atoms with Gasteiger partial charge < -0.3 is 89.8 Å². The standard InChI is InChI=1S/C52H83N9O18/c53-17-5-4-8-47(51(65)58-44-11-9-41(10-12-44)38-78-52(66)79-46-15-13-45(14-16-46)61(67)68)59-49(63)40-77-39-48(62)56-18-20-69-22-24-71-26-28-73-30-32-75-34-35-76-33-31-74-29-27-72-25-23-70-21-19-60(55)37-43(54)36-57-50(64)42-6-2-1-3-7-42/h9-16,37,42,47H,1-8,17-36,38-40,53-55H2,(H,56,62)(H,57,64)(H,58,65)(H,59,63)/b43-37-. The number of nitrogens with two attached hydrogens (primary N) is 3. The van der Waals surface area contributed by atoms with Crippen LogP contribution in [0.2, 0.25) is 0 Å². The summed E-state index contributed by atoms with van der Waals surface area (Å²) in [5, 5.41) is 23.2. The first-order chi connectivity index (χ1) is 38.4. The van der Waals surface area contributed by atoms with E-state index >= 15 is 0 Å². The highest BCUT2D eigenvalue weighted by Gasteiger charge is 2.22. The summed E-state index contributed by atoms with van der Waals surface area (Å²) in [5.74, 6) is 4.67. The second kappa shape index (κ2) is 43.7. The summed E-state index contributed by atoms with van der Waals surface area (Å²) in [7, 11) is 0. The van der Waals surface area contributed by atoms with E-state index in [4.69, 9.17) is 69.4 Å². The lowest BCUT2D eigenvalue weighted by Gasteiger charge is -2.21. The molecule has 10 N–H and O–H groups in total. The van der Waals surface area contributed by atoms with Crippen LogP contribution in [0.15, 0.2) is 60.4 Å². The molecule has 0 aliphatic heterocycles. The molecule has 1 saturated carbocycles. The second-order valence-electron chi connectivity index (χ2n) is 17.7. The molecule has 0 saturated heterocycles. The summed E-state index contributed by atoms with van der Waals surface area (Å²) in [6.07, 6.45) is 7.38. The maximum Gasteiger partial charge on any atom is 0.514 e. The number of amides is 4. The van der Waals surface area contributed by atoms with Crippen molar-refractivity contribution in [2.75, 3.05) is 150 Å². The van der Waals surface area contributed by atoms with Gasteiger partial charge in [-0.25, -0.2) is 10.6 Å². The van der Waals surface area contributed by atoms with Gasteiger partial charge in [-0.1, -0.05) is 31.4 Å². The number of ether oxygens (including phenoxy) is 11. The van der Waals surface area contributed by atoms with Gasteiger partial charge in [-0.15, -0.1) is 0 Å². The van der Waals surface area contributed by atoms with Crippen molar-refractivity contribution < 1.29 is 81.0 Å².